The van der Waals surface area contributed by atoms with Gasteiger partial charge in [0.1, 0.15) is 0 Å². The molecule has 17 heavy (non-hydrogen) atoms. The third-order valence-electron chi connectivity index (χ3n) is 4.03. The Bertz CT molecular complexity index is 185. The zero-order valence-corrected chi connectivity index (χ0v) is 11.9. The molecule has 0 aromatic carbocycles. The molecule has 0 unspecified atom stereocenters. The van der Waals surface area contributed by atoms with Gasteiger partial charge < -0.3 is 10.6 Å². The molecule has 100 valence electrons. The monoisotopic (exact) mass is 256 g/mol. The Kier molecular flexibility index (Phi) is 6.76. The number of hydrogen-bond donors (Lipinski definition) is 2. The van der Waals surface area contributed by atoms with Gasteiger partial charge in [0.2, 0.25) is 0 Å². The molecule has 2 N–H and O–H groups in total. The highest BCUT2D eigenvalue weighted by Gasteiger charge is 2.14. The minimum atomic E-state index is 0.825. The van der Waals surface area contributed by atoms with Crippen LogP contribution in [0.15, 0.2) is 0 Å². The molecule has 2 nitrogen and oxygen atoms in total. The van der Waals surface area contributed by atoms with Crippen molar-refractivity contribution in [2.75, 3.05) is 25.4 Å². The lowest BCUT2D eigenvalue weighted by Crippen LogP contribution is -2.32. The fraction of sp³-hybridized carbons (Fsp3) is 1.00. The lowest BCUT2D eigenvalue weighted by Gasteiger charge is -2.22. The van der Waals surface area contributed by atoms with Gasteiger partial charge in [-0.1, -0.05) is 25.7 Å². The summed E-state index contributed by atoms with van der Waals surface area (Å²) in [5.74, 6) is 1.31. The molecule has 1 saturated heterocycles. The van der Waals surface area contributed by atoms with Crippen molar-refractivity contribution < 1.29 is 0 Å². The van der Waals surface area contributed by atoms with Crippen molar-refractivity contribution in [3.63, 3.8) is 0 Å². The molecule has 0 aromatic heterocycles. The van der Waals surface area contributed by atoms with Crippen molar-refractivity contribution in [3.05, 3.63) is 0 Å². The SMILES string of the molecule is C1CCCC(NCCSC2CCNCC2)CC1. The van der Waals surface area contributed by atoms with Crippen LogP contribution in [0.4, 0.5) is 0 Å². The topological polar surface area (TPSA) is 24.1 Å². The Morgan fingerprint density at radius 2 is 1.65 bits per heavy atom. The molecule has 1 saturated carbocycles. The molecule has 0 radical (unpaired) electrons. The first-order valence-corrected chi connectivity index (χ1v) is 8.56. The summed E-state index contributed by atoms with van der Waals surface area (Å²) in [5.41, 5.74) is 0. The van der Waals surface area contributed by atoms with E-state index in [0.29, 0.717) is 0 Å². The maximum atomic E-state index is 3.76. The van der Waals surface area contributed by atoms with Crippen LogP contribution >= 0.6 is 11.8 Å². The normalized spacial score (nSPS) is 24.7. The van der Waals surface area contributed by atoms with E-state index in [4.69, 9.17) is 0 Å². The third-order valence-corrected chi connectivity index (χ3v) is 5.41. The van der Waals surface area contributed by atoms with E-state index in [2.05, 4.69) is 22.4 Å². The summed E-state index contributed by atoms with van der Waals surface area (Å²) in [6.45, 7) is 3.68. The second kappa shape index (κ2) is 8.39. The predicted molar refractivity (Wildman–Crippen MR) is 77.8 cm³/mol. The van der Waals surface area contributed by atoms with E-state index in [1.165, 1.54) is 76.8 Å². The minimum Gasteiger partial charge on any atom is -0.317 e. The maximum absolute atomic E-state index is 3.76. The van der Waals surface area contributed by atoms with Gasteiger partial charge in [0.15, 0.2) is 0 Å². The molecular weight excluding hydrogens is 228 g/mol. The average molecular weight is 256 g/mol. The van der Waals surface area contributed by atoms with Crippen molar-refractivity contribution >= 4 is 11.8 Å². The summed E-state index contributed by atoms with van der Waals surface area (Å²) in [5, 5.41) is 8.12. The zero-order chi connectivity index (χ0) is 11.8. The van der Waals surface area contributed by atoms with Gasteiger partial charge >= 0.3 is 0 Å². The molecular formula is C14H28N2S. The standard InChI is InChI=1S/C14H28N2S/c1-2-4-6-13(5-3-1)16-11-12-17-14-7-9-15-10-8-14/h13-16H,1-12H2. The Labute approximate surface area is 111 Å². The molecule has 3 heteroatoms. The molecule has 1 aliphatic carbocycles. The van der Waals surface area contributed by atoms with E-state index < -0.39 is 0 Å². The van der Waals surface area contributed by atoms with Gasteiger partial charge in [-0.3, -0.25) is 0 Å². The smallest absolute Gasteiger partial charge is 0.00716 e. The summed E-state index contributed by atoms with van der Waals surface area (Å²) in [6.07, 6.45) is 11.4. The summed E-state index contributed by atoms with van der Waals surface area (Å²) >= 11 is 2.19. The summed E-state index contributed by atoms with van der Waals surface area (Å²) in [7, 11) is 0. The van der Waals surface area contributed by atoms with Gasteiger partial charge in [-0.25, -0.2) is 0 Å². The van der Waals surface area contributed by atoms with Gasteiger partial charge in [0.05, 0.1) is 0 Å². The first kappa shape index (κ1) is 13.7. The van der Waals surface area contributed by atoms with Crippen molar-refractivity contribution in [2.45, 2.75) is 62.7 Å². The highest BCUT2D eigenvalue weighted by Crippen LogP contribution is 2.20. The van der Waals surface area contributed by atoms with Gasteiger partial charge in [-0.15, -0.1) is 0 Å². The predicted octanol–water partition coefficient (Wildman–Crippen LogP) is 2.78. The second-order valence-corrected chi connectivity index (χ2v) is 6.87. The third kappa shape index (κ3) is 5.62. The molecule has 0 aromatic rings. The van der Waals surface area contributed by atoms with E-state index in [1.807, 2.05) is 0 Å². The van der Waals surface area contributed by atoms with Gasteiger partial charge in [-0.2, -0.15) is 11.8 Å². The molecule has 0 bridgehead atoms. The van der Waals surface area contributed by atoms with Crippen LogP contribution in [0.25, 0.3) is 0 Å². The zero-order valence-electron chi connectivity index (χ0n) is 11.0. The number of thioether (sulfide) groups is 1. The van der Waals surface area contributed by atoms with Crippen molar-refractivity contribution in [1.29, 1.82) is 0 Å². The van der Waals surface area contributed by atoms with Crippen molar-refractivity contribution in [1.82, 2.24) is 10.6 Å². The Balaban J connectivity index is 1.49. The van der Waals surface area contributed by atoms with E-state index >= 15 is 0 Å². The van der Waals surface area contributed by atoms with Crippen LogP contribution in [0.3, 0.4) is 0 Å². The van der Waals surface area contributed by atoms with E-state index in [9.17, 15) is 0 Å². The van der Waals surface area contributed by atoms with Gasteiger partial charge in [0.25, 0.3) is 0 Å². The van der Waals surface area contributed by atoms with Crippen LogP contribution in [-0.2, 0) is 0 Å². The molecule has 1 aliphatic heterocycles. The largest absolute Gasteiger partial charge is 0.317 e. The number of hydrogen-bond acceptors (Lipinski definition) is 3. The maximum Gasteiger partial charge on any atom is 0.00716 e. The van der Waals surface area contributed by atoms with Gasteiger partial charge in [0, 0.05) is 23.6 Å². The molecule has 0 amide bonds. The Morgan fingerprint density at radius 3 is 2.35 bits per heavy atom. The van der Waals surface area contributed by atoms with Crippen LogP contribution in [-0.4, -0.2) is 36.7 Å². The van der Waals surface area contributed by atoms with Crippen LogP contribution in [0.5, 0.6) is 0 Å². The molecule has 2 aliphatic rings. The van der Waals surface area contributed by atoms with E-state index in [-0.39, 0.29) is 0 Å². The fourth-order valence-corrected chi connectivity index (χ4v) is 4.07. The van der Waals surface area contributed by atoms with Crippen LogP contribution in [0, 0.1) is 0 Å². The first-order chi connectivity index (χ1) is 8.45. The molecule has 2 rings (SSSR count). The van der Waals surface area contributed by atoms with Crippen molar-refractivity contribution in [3.8, 4) is 0 Å². The minimum absolute atomic E-state index is 0.825. The average Bonchev–Trinajstić information content (AvgIpc) is 2.65. The lowest BCUT2D eigenvalue weighted by atomic mass is 10.1. The Hall–Kier alpha value is 0.270. The summed E-state index contributed by atoms with van der Waals surface area (Å²) in [4.78, 5) is 0. The number of nitrogens with one attached hydrogen (secondary N) is 2. The van der Waals surface area contributed by atoms with Crippen LogP contribution < -0.4 is 10.6 Å². The van der Waals surface area contributed by atoms with E-state index in [1.54, 1.807) is 0 Å². The van der Waals surface area contributed by atoms with Gasteiger partial charge in [-0.05, 0) is 38.8 Å². The van der Waals surface area contributed by atoms with Crippen LogP contribution in [0.1, 0.15) is 51.4 Å². The Morgan fingerprint density at radius 1 is 0.941 bits per heavy atom. The number of rotatable bonds is 5. The molecule has 0 atom stereocenters. The number of piperidine rings is 1. The summed E-state index contributed by atoms with van der Waals surface area (Å²) < 4.78 is 0. The molecule has 2 fully saturated rings. The quantitative estimate of drug-likeness (QED) is 0.584. The lowest BCUT2D eigenvalue weighted by molar-refractivity contribution is 0.473. The summed E-state index contributed by atoms with van der Waals surface area (Å²) in [6, 6.07) is 0.825. The fourth-order valence-electron chi connectivity index (χ4n) is 2.93. The highest BCUT2D eigenvalue weighted by molar-refractivity contribution is 7.99. The van der Waals surface area contributed by atoms with Crippen molar-refractivity contribution in [2.24, 2.45) is 0 Å². The second-order valence-electron chi connectivity index (χ2n) is 5.46. The van der Waals surface area contributed by atoms with Crippen LogP contribution in [0.2, 0.25) is 0 Å². The van der Waals surface area contributed by atoms with E-state index in [0.717, 1.165) is 11.3 Å². The molecule has 0 spiro atoms. The molecule has 1 heterocycles. The first-order valence-electron chi connectivity index (χ1n) is 7.51. The highest BCUT2D eigenvalue weighted by atomic mass is 32.2.